The van der Waals surface area contributed by atoms with Gasteiger partial charge in [-0.2, -0.15) is 0 Å². The number of hydrogen-bond donors (Lipinski definition) is 2. The second kappa shape index (κ2) is 6.29. The van der Waals surface area contributed by atoms with Crippen LogP contribution in [0.1, 0.15) is 39.5 Å². The number of hydrogen-bond acceptors (Lipinski definition) is 5. The van der Waals surface area contributed by atoms with Gasteiger partial charge in [0.25, 0.3) is 0 Å². The predicted molar refractivity (Wildman–Crippen MR) is 80.9 cm³/mol. The molecule has 0 aliphatic heterocycles. The predicted octanol–water partition coefficient (Wildman–Crippen LogP) is 0.260. The van der Waals surface area contributed by atoms with Crippen molar-refractivity contribution >= 4 is 19.9 Å². The quantitative estimate of drug-likeness (QED) is 0.730. The van der Waals surface area contributed by atoms with Crippen LogP contribution in [-0.4, -0.2) is 52.7 Å². The molecule has 0 aromatic heterocycles. The number of sulfonamides is 1. The lowest BCUT2D eigenvalue weighted by Crippen LogP contribution is -2.52. The average molecular weight is 326 g/mol. The Morgan fingerprint density at radius 3 is 2.20 bits per heavy atom. The summed E-state index contributed by atoms with van der Waals surface area (Å²) in [4.78, 5) is 0. The van der Waals surface area contributed by atoms with Crippen molar-refractivity contribution < 1.29 is 16.8 Å². The summed E-state index contributed by atoms with van der Waals surface area (Å²) in [5.41, 5.74) is -0.592. The fraction of sp³-hybridized carbons (Fsp3) is 1.00. The van der Waals surface area contributed by atoms with Crippen molar-refractivity contribution in [2.75, 3.05) is 19.1 Å². The van der Waals surface area contributed by atoms with Gasteiger partial charge < -0.3 is 5.32 Å². The minimum Gasteiger partial charge on any atom is -0.312 e. The number of sulfone groups is 1. The standard InChI is InChI=1S/C12H26N2O4S2/c1-12(2,14-20(4,17)18)9-13-10-6-5-7-11(8-10)19(3,15)16/h10-11,13-14H,5-9H2,1-4H3. The first kappa shape index (κ1) is 17.9. The van der Waals surface area contributed by atoms with E-state index in [4.69, 9.17) is 0 Å². The molecule has 0 aromatic rings. The molecule has 0 amide bonds. The Kier molecular flexibility index (Phi) is 5.62. The van der Waals surface area contributed by atoms with Crippen LogP contribution in [0.2, 0.25) is 0 Å². The first-order valence-electron chi connectivity index (χ1n) is 6.80. The molecule has 0 saturated heterocycles. The molecule has 120 valence electrons. The second-order valence-corrected chi connectivity index (χ2v) is 10.5. The van der Waals surface area contributed by atoms with Gasteiger partial charge in [-0.05, 0) is 33.1 Å². The molecule has 20 heavy (non-hydrogen) atoms. The summed E-state index contributed by atoms with van der Waals surface area (Å²) >= 11 is 0. The molecular formula is C12H26N2O4S2. The van der Waals surface area contributed by atoms with Crippen LogP contribution in [0, 0.1) is 0 Å². The highest BCUT2D eigenvalue weighted by Crippen LogP contribution is 2.24. The van der Waals surface area contributed by atoms with Crippen molar-refractivity contribution in [1.29, 1.82) is 0 Å². The zero-order valence-corrected chi connectivity index (χ0v) is 14.3. The van der Waals surface area contributed by atoms with Crippen LogP contribution in [-0.2, 0) is 19.9 Å². The first-order chi connectivity index (χ1) is 8.89. The lowest BCUT2D eigenvalue weighted by molar-refractivity contribution is 0.330. The van der Waals surface area contributed by atoms with Crippen molar-refractivity contribution in [3.05, 3.63) is 0 Å². The van der Waals surface area contributed by atoms with Crippen LogP contribution < -0.4 is 10.0 Å². The van der Waals surface area contributed by atoms with Crippen molar-refractivity contribution in [2.45, 2.75) is 56.4 Å². The maximum absolute atomic E-state index is 11.6. The number of rotatable bonds is 6. The Morgan fingerprint density at radius 2 is 1.70 bits per heavy atom. The van der Waals surface area contributed by atoms with E-state index in [1.165, 1.54) is 6.26 Å². The molecule has 2 unspecified atom stereocenters. The summed E-state index contributed by atoms with van der Waals surface area (Å²) < 4.78 is 48.3. The summed E-state index contributed by atoms with van der Waals surface area (Å²) in [6, 6.07) is 0.129. The molecule has 1 rings (SSSR count). The van der Waals surface area contributed by atoms with Crippen LogP contribution in [0.25, 0.3) is 0 Å². The minimum atomic E-state index is -3.25. The first-order valence-corrected chi connectivity index (χ1v) is 10.6. The maximum Gasteiger partial charge on any atom is 0.209 e. The second-order valence-electron chi connectivity index (χ2n) is 6.45. The molecule has 0 heterocycles. The molecule has 2 N–H and O–H groups in total. The molecule has 0 spiro atoms. The van der Waals surface area contributed by atoms with Crippen molar-refractivity contribution in [3.8, 4) is 0 Å². The summed E-state index contributed by atoms with van der Waals surface area (Å²) in [6.07, 6.45) is 5.57. The molecule has 0 aromatic carbocycles. The van der Waals surface area contributed by atoms with E-state index >= 15 is 0 Å². The lowest BCUT2D eigenvalue weighted by Gasteiger charge is -2.32. The van der Waals surface area contributed by atoms with Crippen LogP contribution >= 0.6 is 0 Å². The third-order valence-corrected chi connectivity index (χ3v) is 6.09. The molecule has 0 radical (unpaired) electrons. The van der Waals surface area contributed by atoms with E-state index in [0.717, 1.165) is 25.5 Å². The highest BCUT2D eigenvalue weighted by molar-refractivity contribution is 7.91. The molecule has 1 aliphatic carbocycles. The molecule has 1 aliphatic rings. The SMILES string of the molecule is CC(C)(CNC1CCCC(S(C)(=O)=O)C1)NS(C)(=O)=O. The fourth-order valence-electron chi connectivity index (χ4n) is 2.66. The van der Waals surface area contributed by atoms with E-state index in [9.17, 15) is 16.8 Å². The van der Waals surface area contributed by atoms with Crippen molar-refractivity contribution in [1.82, 2.24) is 10.0 Å². The van der Waals surface area contributed by atoms with E-state index in [-0.39, 0.29) is 11.3 Å². The van der Waals surface area contributed by atoms with Crippen molar-refractivity contribution in [2.24, 2.45) is 0 Å². The van der Waals surface area contributed by atoms with Gasteiger partial charge in [0, 0.05) is 24.4 Å². The zero-order valence-electron chi connectivity index (χ0n) is 12.6. The zero-order chi connectivity index (χ0) is 15.6. The average Bonchev–Trinajstić information content (AvgIpc) is 2.22. The van der Waals surface area contributed by atoms with Crippen LogP contribution in [0.15, 0.2) is 0 Å². The Labute approximate surface area is 122 Å². The lowest BCUT2D eigenvalue weighted by atomic mass is 9.94. The maximum atomic E-state index is 11.6. The van der Waals surface area contributed by atoms with Gasteiger partial charge in [0.2, 0.25) is 10.0 Å². The van der Waals surface area contributed by atoms with Gasteiger partial charge in [-0.25, -0.2) is 21.6 Å². The van der Waals surface area contributed by atoms with Gasteiger partial charge in [-0.1, -0.05) is 6.42 Å². The Bertz CT molecular complexity index is 526. The van der Waals surface area contributed by atoms with Crippen LogP contribution in [0.4, 0.5) is 0 Å². The normalized spacial score (nSPS) is 25.6. The summed E-state index contributed by atoms with van der Waals surface area (Å²) in [5.74, 6) is 0. The van der Waals surface area contributed by atoms with Gasteiger partial charge >= 0.3 is 0 Å². The Hall–Kier alpha value is -0.180. The van der Waals surface area contributed by atoms with E-state index < -0.39 is 25.4 Å². The van der Waals surface area contributed by atoms with Gasteiger partial charge in [0.1, 0.15) is 9.84 Å². The molecule has 0 bridgehead atoms. The minimum absolute atomic E-state index is 0.129. The topological polar surface area (TPSA) is 92.3 Å². The van der Waals surface area contributed by atoms with E-state index in [0.29, 0.717) is 13.0 Å². The summed E-state index contributed by atoms with van der Waals surface area (Å²) in [5, 5.41) is 3.02. The smallest absolute Gasteiger partial charge is 0.209 e. The van der Waals surface area contributed by atoms with Gasteiger partial charge in [0.05, 0.1) is 11.5 Å². The third kappa shape index (κ3) is 6.51. The molecule has 2 atom stereocenters. The summed E-state index contributed by atoms with van der Waals surface area (Å²) in [7, 11) is -6.25. The van der Waals surface area contributed by atoms with Crippen LogP contribution in [0.3, 0.4) is 0 Å². The summed E-state index contributed by atoms with van der Waals surface area (Å²) in [6.45, 7) is 4.08. The monoisotopic (exact) mass is 326 g/mol. The Balaban J connectivity index is 2.53. The fourth-order valence-corrected chi connectivity index (χ4v) is 4.91. The highest BCUT2D eigenvalue weighted by Gasteiger charge is 2.30. The van der Waals surface area contributed by atoms with E-state index in [1.807, 2.05) is 0 Å². The molecule has 6 nitrogen and oxygen atoms in total. The molecule has 8 heteroatoms. The van der Waals surface area contributed by atoms with Gasteiger partial charge in [-0.3, -0.25) is 0 Å². The Morgan fingerprint density at radius 1 is 1.10 bits per heavy atom. The van der Waals surface area contributed by atoms with E-state index in [1.54, 1.807) is 13.8 Å². The van der Waals surface area contributed by atoms with Crippen molar-refractivity contribution in [3.63, 3.8) is 0 Å². The van der Waals surface area contributed by atoms with Gasteiger partial charge in [-0.15, -0.1) is 0 Å². The van der Waals surface area contributed by atoms with Crippen LogP contribution in [0.5, 0.6) is 0 Å². The molecule has 1 saturated carbocycles. The molecular weight excluding hydrogens is 300 g/mol. The largest absolute Gasteiger partial charge is 0.312 e. The highest BCUT2D eigenvalue weighted by atomic mass is 32.2. The van der Waals surface area contributed by atoms with Gasteiger partial charge in [0.15, 0.2) is 0 Å². The molecule has 1 fully saturated rings. The van der Waals surface area contributed by atoms with E-state index in [2.05, 4.69) is 10.0 Å². The third-order valence-electron chi connectivity index (χ3n) is 3.53. The number of nitrogens with one attached hydrogen (secondary N) is 2.